The molecule has 0 fully saturated rings. The summed E-state index contributed by atoms with van der Waals surface area (Å²) in [5.41, 5.74) is 1.40. The Balaban J connectivity index is 0. The minimum absolute atomic E-state index is 0.0457. The van der Waals surface area contributed by atoms with Crippen LogP contribution >= 0.6 is 36.0 Å². The lowest BCUT2D eigenvalue weighted by atomic mass is 10.2. The van der Waals surface area contributed by atoms with Crippen LogP contribution in [0.4, 0.5) is 0 Å². The number of rotatable bonds is 4. The number of alkyl halides is 1. The number of aliphatic hydroxyl groups is 2. The third kappa shape index (κ3) is 20.5. The first-order chi connectivity index (χ1) is 13.6. The van der Waals surface area contributed by atoms with E-state index in [1.54, 1.807) is 30.3 Å². The quantitative estimate of drug-likeness (QED) is 0.282. The fourth-order valence-corrected chi connectivity index (χ4v) is 1.82. The predicted octanol–water partition coefficient (Wildman–Crippen LogP) is 7.86. The minimum atomic E-state index is -0.0457. The second kappa shape index (κ2) is 19.3. The zero-order chi connectivity index (χ0) is 22.7. The standard InChI is InChI=1S/2C7H6OS.C6H12.C4H7Cl/c2*8-7(9)6-4-2-1-3-5-6;1-4-5-6(2)3;1-3-4(2)5/h2*1-5H,(H,8,9);4-6H,1-3H3;3-4H,1H2,2H3. The van der Waals surface area contributed by atoms with E-state index in [0.717, 1.165) is 5.92 Å². The average Bonchev–Trinajstić information content (AvgIpc) is 2.70. The maximum atomic E-state index is 8.76. The van der Waals surface area contributed by atoms with Gasteiger partial charge in [-0.25, -0.2) is 0 Å². The highest BCUT2D eigenvalue weighted by atomic mass is 35.5. The Morgan fingerprint density at radius 2 is 1.17 bits per heavy atom. The SMILES string of the molecule is C=CC(C)Cl.CC=CC(C)C.OC(=S)c1ccccc1.OC(=S)c1ccccc1. The van der Waals surface area contributed by atoms with E-state index in [1.165, 1.54) is 0 Å². The number of aliphatic hydroxyl groups excluding tert-OH is 2. The van der Waals surface area contributed by atoms with Crippen molar-refractivity contribution in [2.45, 2.75) is 33.1 Å². The van der Waals surface area contributed by atoms with Gasteiger partial charge in [0.25, 0.3) is 0 Å². The van der Waals surface area contributed by atoms with Crippen LogP contribution in [0.5, 0.6) is 0 Å². The largest absolute Gasteiger partial charge is 0.499 e. The first-order valence-electron chi connectivity index (χ1n) is 9.11. The molecule has 0 spiro atoms. The van der Waals surface area contributed by atoms with Crippen molar-refractivity contribution >= 4 is 46.1 Å². The molecule has 0 aliphatic carbocycles. The van der Waals surface area contributed by atoms with Gasteiger partial charge in [0.05, 0.1) is 0 Å². The molecule has 0 saturated carbocycles. The fourth-order valence-electron chi connectivity index (χ4n) is 1.55. The van der Waals surface area contributed by atoms with E-state index in [4.69, 9.17) is 21.8 Å². The van der Waals surface area contributed by atoms with Crippen LogP contribution in [0, 0.1) is 5.92 Å². The normalized spacial score (nSPS) is 10.3. The van der Waals surface area contributed by atoms with E-state index in [9.17, 15) is 0 Å². The van der Waals surface area contributed by atoms with Crippen molar-refractivity contribution in [2.24, 2.45) is 5.92 Å². The molecule has 2 aromatic carbocycles. The Labute approximate surface area is 191 Å². The molecule has 0 amide bonds. The molecular formula is C24H31ClO2S2. The van der Waals surface area contributed by atoms with Crippen LogP contribution in [-0.4, -0.2) is 25.7 Å². The van der Waals surface area contributed by atoms with Crippen molar-refractivity contribution in [1.82, 2.24) is 0 Å². The summed E-state index contributed by atoms with van der Waals surface area (Å²) in [7, 11) is 0. The molecule has 0 heterocycles. The van der Waals surface area contributed by atoms with Gasteiger partial charge in [-0.3, -0.25) is 0 Å². The van der Waals surface area contributed by atoms with Gasteiger partial charge in [0.1, 0.15) is 0 Å². The van der Waals surface area contributed by atoms with Crippen LogP contribution < -0.4 is 0 Å². The van der Waals surface area contributed by atoms with Gasteiger partial charge in [0, 0.05) is 16.5 Å². The Bertz CT molecular complexity index is 663. The van der Waals surface area contributed by atoms with Gasteiger partial charge in [-0.05, 0) is 44.2 Å². The molecule has 1 atom stereocenters. The number of allylic oxidation sites excluding steroid dienone is 3. The van der Waals surface area contributed by atoms with Gasteiger partial charge < -0.3 is 10.2 Å². The lowest BCUT2D eigenvalue weighted by Crippen LogP contribution is -1.91. The van der Waals surface area contributed by atoms with Crippen molar-refractivity contribution < 1.29 is 10.2 Å². The predicted molar refractivity (Wildman–Crippen MR) is 137 cm³/mol. The summed E-state index contributed by atoms with van der Waals surface area (Å²) in [6, 6.07) is 18.1. The minimum Gasteiger partial charge on any atom is -0.499 e. The smallest absolute Gasteiger partial charge is 0.188 e. The first kappa shape index (κ1) is 29.2. The van der Waals surface area contributed by atoms with Crippen molar-refractivity contribution in [3.63, 3.8) is 0 Å². The molecule has 0 aliphatic rings. The Morgan fingerprint density at radius 1 is 0.862 bits per heavy atom. The molecule has 29 heavy (non-hydrogen) atoms. The Hall–Kier alpha value is -2.01. The monoisotopic (exact) mass is 450 g/mol. The molecule has 2 nitrogen and oxygen atoms in total. The molecule has 0 saturated heterocycles. The number of hydrogen-bond donors (Lipinski definition) is 2. The van der Waals surface area contributed by atoms with Gasteiger partial charge in [-0.2, -0.15) is 0 Å². The number of halogens is 1. The molecule has 2 N–H and O–H groups in total. The fraction of sp³-hybridized carbons (Fsp3) is 0.250. The van der Waals surface area contributed by atoms with Crippen LogP contribution in [0.25, 0.3) is 0 Å². The number of thiocarbonyl (C=S) groups is 2. The highest BCUT2D eigenvalue weighted by Gasteiger charge is 1.92. The molecule has 2 rings (SSSR count). The topological polar surface area (TPSA) is 40.5 Å². The Morgan fingerprint density at radius 3 is 1.28 bits per heavy atom. The van der Waals surface area contributed by atoms with E-state index in [1.807, 2.05) is 50.2 Å². The summed E-state index contributed by atoms with van der Waals surface area (Å²) >= 11 is 14.4. The summed E-state index contributed by atoms with van der Waals surface area (Å²) in [4.78, 5) is 0. The van der Waals surface area contributed by atoms with E-state index in [-0.39, 0.29) is 15.5 Å². The number of hydrogen-bond acceptors (Lipinski definition) is 2. The lowest BCUT2D eigenvalue weighted by Gasteiger charge is -1.91. The van der Waals surface area contributed by atoms with Crippen LogP contribution in [0.3, 0.4) is 0 Å². The van der Waals surface area contributed by atoms with E-state index in [0.29, 0.717) is 11.1 Å². The molecule has 158 valence electrons. The third-order valence-corrected chi connectivity index (χ3v) is 3.59. The van der Waals surface area contributed by atoms with Gasteiger partial charge in [0.2, 0.25) is 0 Å². The highest BCUT2D eigenvalue weighted by Crippen LogP contribution is 1.98. The van der Waals surface area contributed by atoms with E-state index >= 15 is 0 Å². The van der Waals surface area contributed by atoms with Crippen LogP contribution in [0.15, 0.2) is 85.5 Å². The third-order valence-electron chi connectivity index (χ3n) is 2.94. The van der Waals surface area contributed by atoms with Crippen molar-refractivity contribution in [3.8, 4) is 0 Å². The van der Waals surface area contributed by atoms with E-state index in [2.05, 4.69) is 57.0 Å². The average molecular weight is 451 g/mol. The Kier molecular flexibility index (Phi) is 19.4. The van der Waals surface area contributed by atoms with Crippen molar-refractivity contribution in [3.05, 3.63) is 96.6 Å². The summed E-state index contributed by atoms with van der Waals surface area (Å²) in [6.45, 7) is 11.7. The van der Waals surface area contributed by atoms with Crippen LogP contribution in [-0.2, 0) is 0 Å². The van der Waals surface area contributed by atoms with Gasteiger partial charge in [-0.15, -0.1) is 18.2 Å². The number of benzene rings is 2. The van der Waals surface area contributed by atoms with Gasteiger partial charge in [-0.1, -0.05) is 92.7 Å². The first-order valence-corrected chi connectivity index (χ1v) is 10.4. The zero-order valence-electron chi connectivity index (χ0n) is 17.5. The van der Waals surface area contributed by atoms with Gasteiger partial charge >= 0.3 is 0 Å². The molecule has 0 aliphatic heterocycles. The molecule has 2 aromatic rings. The summed E-state index contributed by atoms with van der Waals surface area (Å²) < 4.78 is 0. The molecule has 0 bridgehead atoms. The lowest BCUT2D eigenvalue weighted by molar-refractivity contribution is 0.570. The second-order valence-corrected chi connectivity index (χ2v) is 7.49. The summed E-state index contributed by atoms with van der Waals surface area (Å²) in [6.07, 6.45) is 5.92. The molecule has 0 aromatic heterocycles. The second-order valence-electron chi connectivity index (χ2n) is 6.03. The summed E-state index contributed by atoms with van der Waals surface area (Å²) in [5.74, 6) is 0.718. The summed E-state index contributed by atoms with van der Waals surface area (Å²) in [5, 5.41) is 17.5. The maximum absolute atomic E-state index is 8.76. The highest BCUT2D eigenvalue weighted by molar-refractivity contribution is 7.80. The molecule has 1 unspecified atom stereocenters. The molecule has 0 radical (unpaired) electrons. The van der Waals surface area contributed by atoms with Crippen LogP contribution in [0.2, 0.25) is 0 Å². The van der Waals surface area contributed by atoms with Crippen molar-refractivity contribution in [2.75, 3.05) is 0 Å². The zero-order valence-corrected chi connectivity index (χ0v) is 19.8. The van der Waals surface area contributed by atoms with Crippen molar-refractivity contribution in [1.29, 1.82) is 0 Å². The van der Waals surface area contributed by atoms with Gasteiger partial charge in [0.15, 0.2) is 10.1 Å². The maximum Gasteiger partial charge on any atom is 0.188 e. The molecule has 5 heteroatoms. The van der Waals surface area contributed by atoms with E-state index < -0.39 is 0 Å². The van der Waals surface area contributed by atoms with Crippen LogP contribution in [0.1, 0.15) is 38.8 Å². The molecular weight excluding hydrogens is 420 g/mol.